The number of carbonyl (C=O) groups excluding carboxylic acids is 6. The molecule has 2 saturated heterocycles. The van der Waals surface area contributed by atoms with E-state index in [4.69, 9.17) is 16.3 Å². The molecule has 7 rings (SSSR count). The minimum Gasteiger partial charge on any atom is -0.489 e. The van der Waals surface area contributed by atoms with Crippen LogP contribution in [0.4, 0.5) is 5.69 Å². The van der Waals surface area contributed by atoms with Gasteiger partial charge in [-0.1, -0.05) is 51.4 Å². The van der Waals surface area contributed by atoms with Gasteiger partial charge in [0.25, 0.3) is 17.7 Å². The zero-order chi connectivity index (χ0) is 40.1. The Morgan fingerprint density at radius 3 is 2.23 bits per heavy atom. The molecule has 3 aliphatic heterocycles. The summed E-state index contributed by atoms with van der Waals surface area (Å²) < 4.78 is 6.34. The second-order valence-corrected chi connectivity index (χ2v) is 16.4. The van der Waals surface area contributed by atoms with Gasteiger partial charge in [-0.15, -0.1) is 0 Å². The maximum absolute atomic E-state index is 13.4. The van der Waals surface area contributed by atoms with Crippen molar-refractivity contribution in [2.75, 3.05) is 31.1 Å². The lowest BCUT2D eigenvalue weighted by atomic mass is 9.49. The average molecular weight is 779 g/mol. The highest BCUT2D eigenvalue weighted by Crippen LogP contribution is 2.55. The topological polar surface area (TPSA) is 169 Å². The highest BCUT2D eigenvalue weighted by molar-refractivity contribution is 6.31. The van der Waals surface area contributed by atoms with Gasteiger partial charge in [0.05, 0.1) is 21.7 Å². The van der Waals surface area contributed by atoms with Gasteiger partial charge in [0.1, 0.15) is 24.0 Å². The van der Waals surface area contributed by atoms with Crippen molar-refractivity contribution in [3.8, 4) is 11.8 Å². The number of fused-ring (bicyclic) bond motifs is 1. The molecule has 1 atom stereocenters. The van der Waals surface area contributed by atoms with E-state index in [-0.39, 0.29) is 47.9 Å². The number of anilines is 1. The van der Waals surface area contributed by atoms with Gasteiger partial charge in [0.2, 0.25) is 17.7 Å². The molecular weight excluding hydrogens is 736 g/mol. The third-order valence-corrected chi connectivity index (χ3v) is 12.0. The molecule has 56 heavy (non-hydrogen) atoms. The minimum absolute atomic E-state index is 0.0237. The number of nitriles is 1. The summed E-state index contributed by atoms with van der Waals surface area (Å²) in [6, 6.07) is 18.2. The van der Waals surface area contributed by atoms with Crippen LogP contribution in [0, 0.1) is 22.2 Å². The predicted octanol–water partition coefficient (Wildman–Crippen LogP) is 4.51. The number of rotatable bonds is 9. The first-order valence-corrected chi connectivity index (χ1v) is 19.1. The first kappa shape index (κ1) is 38.5. The van der Waals surface area contributed by atoms with Gasteiger partial charge < -0.3 is 19.9 Å². The number of benzene rings is 3. The van der Waals surface area contributed by atoms with Crippen molar-refractivity contribution in [3.05, 3.63) is 93.5 Å². The molecule has 3 aromatic carbocycles. The van der Waals surface area contributed by atoms with Crippen LogP contribution in [-0.4, -0.2) is 89.6 Å². The van der Waals surface area contributed by atoms with Crippen molar-refractivity contribution in [3.63, 3.8) is 0 Å². The molecule has 1 unspecified atom stereocenters. The summed E-state index contributed by atoms with van der Waals surface area (Å²) in [5.41, 5.74) is 2.24. The normalized spacial score (nSPS) is 22.5. The number of ether oxygens (including phenoxy) is 1. The van der Waals surface area contributed by atoms with Gasteiger partial charge in [-0.2, -0.15) is 5.26 Å². The van der Waals surface area contributed by atoms with Crippen LogP contribution in [0.2, 0.25) is 5.02 Å². The number of carbonyl (C=O) groups is 6. The van der Waals surface area contributed by atoms with Gasteiger partial charge in [0, 0.05) is 73.2 Å². The Bertz CT molecular complexity index is 2170. The molecule has 13 nitrogen and oxygen atoms in total. The Morgan fingerprint density at radius 1 is 0.911 bits per heavy atom. The number of hydrogen-bond acceptors (Lipinski definition) is 9. The van der Waals surface area contributed by atoms with E-state index in [0.29, 0.717) is 60.9 Å². The molecule has 3 heterocycles. The molecule has 290 valence electrons. The molecule has 0 aromatic heterocycles. The zero-order valence-corrected chi connectivity index (χ0v) is 32.4. The standard InChI is InChI=1S/C42H43ClN6O7/c1-41(2)39(42(3,4)40(41)56-28-12-10-26(23-44)31(43)22-28)46-35(52)25-8-5-24(6-9-25)7-16-34(51)48-19-17-47(18-20-48)27-11-13-29-30(21-27)38(55)49(37(29)54)32-14-15-33(50)45-36(32)53/h5-6,8-13,21-22,32,39-40H,7,14-20H2,1-4H3,(H,46,52)(H,45,50,53). The molecule has 0 spiro atoms. The Kier molecular flexibility index (Phi) is 10.1. The van der Waals surface area contributed by atoms with Crippen molar-refractivity contribution < 1.29 is 33.5 Å². The molecule has 3 aromatic rings. The highest BCUT2D eigenvalue weighted by Gasteiger charge is 2.64. The van der Waals surface area contributed by atoms with Gasteiger partial charge in [-0.3, -0.25) is 39.0 Å². The third-order valence-electron chi connectivity index (χ3n) is 11.7. The Balaban J connectivity index is 0.884. The maximum Gasteiger partial charge on any atom is 0.262 e. The minimum atomic E-state index is -1.02. The summed E-state index contributed by atoms with van der Waals surface area (Å²) in [6.45, 7) is 10.3. The molecule has 6 amide bonds. The van der Waals surface area contributed by atoms with Crippen molar-refractivity contribution in [2.45, 2.75) is 71.6 Å². The van der Waals surface area contributed by atoms with Crippen molar-refractivity contribution in [1.29, 1.82) is 5.26 Å². The number of piperidine rings is 1. The first-order valence-electron chi connectivity index (χ1n) is 18.7. The third kappa shape index (κ3) is 6.98. The van der Waals surface area contributed by atoms with Crippen LogP contribution in [0.3, 0.4) is 0 Å². The Morgan fingerprint density at radius 2 is 1.59 bits per heavy atom. The molecule has 1 aliphatic carbocycles. The molecule has 3 fully saturated rings. The number of piperazine rings is 1. The van der Waals surface area contributed by atoms with E-state index >= 15 is 0 Å². The summed E-state index contributed by atoms with van der Waals surface area (Å²) in [5.74, 6) is -1.77. The van der Waals surface area contributed by atoms with E-state index in [1.54, 1.807) is 48.5 Å². The van der Waals surface area contributed by atoms with Crippen molar-refractivity contribution in [1.82, 2.24) is 20.4 Å². The fraction of sp³-hybridized carbons (Fsp3) is 0.405. The zero-order valence-electron chi connectivity index (χ0n) is 31.7. The van der Waals surface area contributed by atoms with Crippen LogP contribution in [-0.2, 0) is 20.8 Å². The molecule has 1 saturated carbocycles. The SMILES string of the molecule is CC1(C)C(NC(=O)c2ccc(CCC(=O)N3CCN(c4ccc5c(c4)C(=O)N(C4CCC(=O)NC4=O)C5=O)CC3)cc2)C(C)(C)C1Oc1ccc(C#N)c(Cl)c1. The van der Waals surface area contributed by atoms with Crippen molar-refractivity contribution in [2.24, 2.45) is 10.8 Å². The van der Waals surface area contributed by atoms with Gasteiger partial charge in [0.15, 0.2) is 0 Å². The van der Waals surface area contributed by atoms with E-state index in [2.05, 4.69) is 49.3 Å². The van der Waals surface area contributed by atoms with Crippen LogP contribution in [0.25, 0.3) is 0 Å². The van der Waals surface area contributed by atoms with E-state index < -0.39 is 40.5 Å². The molecule has 0 bridgehead atoms. The van der Waals surface area contributed by atoms with E-state index in [0.717, 1.165) is 16.2 Å². The predicted molar refractivity (Wildman–Crippen MR) is 206 cm³/mol. The number of hydrogen-bond donors (Lipinski definition) is 2. The second-order valence-electron chi connectivity index (χ2n) is 16.0. The molecule has 0 radical (unpaired) electrons. The number of nitrogens with zero attached hydrogens (tertiary/aromatic N) is 4. The quantitative estimate of drug-likeness (QED) is 0.297. The molecule has 14 heteroatoms. The number of amides is 6. The monoisotopic (exact) mass is 778 g/mol. The van der Waals surface area contributed by atoms with Gasteiger partial charge >= 0.3 is 0 Å². The summed E-state index contributed by atoms with van der Waals surface area (Å²) in [6.07, 6.45) is 0.765. The molecule has 2 N–H and O–H groups in total. The molecular formula is C42H43ClN6O7. The largest absolute Gasteiger partial charge is 0.489 e. The maximum atomic E-state index is 13.4. The van der Waals surface area contributed by atoms with Gasteiger partial charge in [-0.25, -0.2) is 0 Å². The summed E-state index contributed by atoms with van der Waals surface area (Å²) in [5, 5.41) is 14.9. The highest BCUT2D eigenvalue weighted by atomic mass is 35.5. The second kappa shape index (κ2) is 14.7. The molecule has 4 aliphatic rings. The number of aryl methyl sites for hydroxylation is 1. The van der Waals surface area contributed by atoms with E-state index in [1.165, 1.54) is 0 Å². The fourth-order valence-corrected chi connectivity index (χ4v) is 9.12. The smallest absolute Gasteiger partial charge is 0.262 e. The van der Waals surface area contributed by atoms with Crippen LogP contribution in [0.1, 0.15) is 89.2 Å². The lowest BCUT2D eigenvalue weighted by molar-refractivity contribution is -0.164. The van der Waals surface area contributed by atoms with Gasteiger partial charge in [-0.05, 0) is 60.9 Å². The summed E-state index contributed by atoms with van der Waals surface area (Å²) >= 11 is 6.22. The summed E-state index contributed by atoms with van der Waals surface area (Å²) in [4.78, 5) is 81.7. The average Bonchev–Trinajstić information content (AvgIpc) is 3.42. The number of halogens is 1. The van der Waals surface area contributed by atoms with Crippen LogP contribution in [0.5, 0.6) is 5.75 Å². The van der Waals surface area contributed by atoms with Crippen LogP contribution < -0.4 is 20.3 Å². The van der Waals surface area contributed by atoms with Crippen molar-refractivity contribution >= 4 is 52.7 Å². The fourth-order valence-electron chi connectivity index (χ4n) is 8.91. The summed E-state index contributed by atoms with van der Waals surface area (Å²) in [7, 11) is 0. The van der Waals surface area contributed by atoms with E-state index in [1.807, 2.05) is 17.0 Å². The Labute approximate surface area is 329 Å². The lowest BCUT2D eigenvalue weighted by Gasteiger charge is -2.63. The Hall–Kier alpha value is -5.74. The van der Waals surface area contributed by atoms with Crippen LogP contribution in [0.15, 0.2) is 60.7 Å². The van der Waals surface area contributed by atoms with Crippen LogP contribution >= 0.6 is 11.6 Å². The van der Waals surface area contributed by atoms with E-state index in [9.17, 15) is 34.0 Å². The lowest BCUT2D eigenvalue weighted by Crippen LogP contribution is -2.74. The number of nitrogens with one attached hydrogen (secondary N) is 2. The number of imide groups is 2. The first-order chi connectivity index (χ1) is 26.6.